The molecule has 0 spiro atoms. The van der Waals surface area contributed by atoms with Crippen molar-refractivity contribution in [2.45, 2.75) is 23.3 Å². The van der Waals surface area contributed by atoms with Crippen LogP contribution in [0.1, 0.15) is 11.4 Å². The van der Waals surface area contributed by atoms with E-state index in [1.54, 1.807) is 10.6 Å². The van der Waals surface area contributed by atoms with Crippen molar-refractivity contribution in [2.24, 2.45) is 5.73 Å². The molecule has 2 aromatic heterocycles. The first-order chi connectivity index (χ1) is 10.1. The van der Waals surface area contributed by atoms with E-state index in [1.165, 1.54) is 23.9 Å². The number of nitrogens with zero attached hydrogens (tertiary/aromatic N) is 3. The van der Waals surface area contributed by atoms with Gasteiger partial charge in [0.25, 0.3) is 0 Å². The Kier molecular flexibility index (Phi) is 3.52. The van der Waals surface area contributed by atoms with Crippen LogP contribution in [0.5, 0.6) is 0 Å². The van der Waals surface area contributed by atoms with Crippen LogP contribution < -0.4 is 11.5 Å². The molecule has 3 aromatic rings. The van der Waals surface area contributed by atoms with Gasteiger partial charge in [0.05, 0.1) is 5.69 Å². The molecule has 0 aliphatic carbocycles. The summed E-state index contributed by atoms with van der Waals surface area (Å²) in [5.74, 6) is 0.0684. The van der Waals surface area contributed by atoms with Crippen LogP contribution in [0.15, 0.2) is 40.1 Å². The zero-order chi connectivity index (χ0) is 15.0. The van der Waals surface area contributed by atoms with Crippen molar-refractivity contribution in [1.29, 1.82) is 0 Å². The van der Waals surface area contributed by atoms with E-state index in [0.29, 0.717) is 22.9 Å². The van der Waals surface area contributed by atoms with Gasteiger partial charge in [-0.2, -0.15) is 0 Å². The van der Waals surface area contributed by atoms with Crippen LogP contribution in [-0.2, 0) is 6.54 Å². The van der Waals surface area contributed by atoms with Crippen LogP contribution in [0.4, 0.5) is 10.2 Å². The molecule has 0 atom stereocenters. The highest BCUT2D eigenvalue weighted by atomic mass is 32.2. The second-order valence-electron chi connectivity index (χ2n) is 4.60. The fraction of sp³-hybridized carbons (Fsp3) is 0.143. The number of anilines is 1. The predicted octanol–water partition coefficient (Wildman–Crippen LogP) is 2.37. The molecule has 3 rings (SSSR count). The van der Waals surface area contributed by atoms with Crippen molar-refractivity contribution in [2.75, 3.05) is 5.73 Å². The number of nitrogen functional groups attached to an aromatic ring is 1. The zero-order valence-corrected chi connectivity index (χ0v) is 12.2. The standard InChI is InChI=1S/C14H14FN5S/c1-8-5-10(7-16)20-14(18-8)12(13(17)19-20)21-11-4-2-3-9(15)6-11/h2-6H,7,16H2,1H3,(H2,17,19). The average Bonchev–Trinajstić information content (AvgIpc) is 2.75. The normalized spacial score (nSPS) is 11.2. The lowest BCUT2D eigenvalue weighted by atomic mass is 10.3. The molecule has 0 fully saturated rings. The SMILES string of the molecule is Cc1cc(CN)n2nc(N)c(Sc3cccc(F)c3)c2n1. The number of hydrogen-bond acceptors (Lipinski definition) is 5. The van der Waals surface area contributed by atoms with Crippen molar-refractivity contribution in [1.82, 2.24) is 14.6 Å². The molecule has 7 heteroatoms. The maximum atomic E-state index is 13.3. The van der Waals surface area contributed by atoms with Gasteiger partial charge >= 0.3 is 0 Å². The van der Waals surface area contributed by atoms with Gasteiger partial charge in [0.2, 0.25) is 0 Å². The minimum Gasteiger partial charge on any atom is -0.381 e. The number of nitrogens with two attached hydrogens (primary N) is 2. The number of aryl methyl sites for hydroxylation is 1. The summed E-state index contributed by atoms with van der Waals surface area (Å²) in [6.45, 7) is 2.23. The number of fused-ring (bicyclic) bond motifs is 1. The summed E-state index contributed by atoms with van der Waals surface area (Å²) in [5, 5.41) is 4.28. The van der Waals surface area contributed by atoms with Crippen LogP contribution in [0.3, 0.4) is 0 Å². The van der Waals surface area contributed by atoms with Crippen LogP contribution in [0.2, 0.25) is 0 Å². The van der Waals surface area contributed by atoms with Gasteiger partial charge in [0, 0.05) is 17.1 Å². The summed E-state index contributed by atoms with van der Waals surface area (Å²) in [6.07, 6.45) is 0. The number of rotatable bonds is 3. The molecular formula is C14H14FN5S. The maximum Gasteiger partial charge on any atom is 0.171 e. The van der Waals surface area contributed by atoms with Gasteiger partial charge in [-0.1, -0.05) is 17.8 Å². The molecule has 1 aromatic carbocycles. The molecule has 0 unspecified atom stereocenters. The van der Waals surface area contributed by atoms with E-state index in [4.69, 9.17) is 11.5 Å². The third kappa shape index (κ3) is 2.57. The van der Waals surface area contributed by atoms with Crippen LogP contribution in [0.25, 0.3) is 5.65 Å². The number of hydrogen-bond donors (Lipinski definition) is 2. The Hall–Kier alpha value is -2.12. The minimum atomic E-state index is -0.290. The molecule has 0 saturated carbocycles. The van der Waals surface area contributed by atoms with Crippen LogP contribution in [0, 0.1) is 12.7 Å². The Morgan fingerprint density at radius 1 is 1.33 bits per heavy atom. The van der Waals surface area contributed by atoms with Gasteiger partial charge in [-0.3, -0.25) is 0 Å². The van der Waals surface area contributed by atoms with Gasteiger partial charge in [0.15, 0.2) is 11.5 Å². The highest BCUT2D eigenvalue weighted by Crippen LogP contribution is 2.35. The summed E-state index contributed by atoms with van der Waals surface area (Å²) in [5.41, 5.74) is 14.0. The third-order valence-electron chi connectivity index (χ3n) is 3.00. The number of benzene rings is 1. The highest BCUT2D eigenvalue weighted by molar-refractivity contribution is 7.99. The summed E-state index contributed by atoms with van der Waals surface area (Å²) < 4.78 is 14.9. The predicted molar refractivity (Wildman–Crippen MR) is 80.6 cm³/mol. The molecule has 4 N–H and O–H groups in total. The summed E-state index contributed by atoms with van der Waals surface area (Å²) in [7, 11) is 0. The molecule has 0 saturated heterocycles. The fourth-order valence-electron chi connectivity index (χ4n) is 2.10. The molecule has 0 amide bonds. The Balaban J connectivity index is 2.14. The maximum absolute atomic E-state index is 13.3. The molecule has 0 bridgehead atoms. The van der Waals surface area contributed by atoms with Gasteiger partial charge < -0.3 is 11.5 Å². The molecule has 0 radical (unpaired) electrons. The van der Waals surface area contributed by atoms with E-state index in [-0.39, 0.29) is 5.82 Å². The largest absolute Gasteiger partial charge is 0.381 e. The van der Waals surface area contributed by atoms with Gasteiger partial charge in [-0.15, -0.1) is 5.10 Å². The smallest absolute Gasteiger partial charge is 0.171 e. The quantitative estimate of drug-likeness (QED) is 0.776. The van der Waals surface area contributed by atoms with Crippen LogP contribution >= 0.6 is 11.8 Å². The molecule has 108 valence electrons. The summed E-state index contributed by atoms with van der Waals surface area (Å²) in [4.78, 5) is 5.93. The second kappa shape index (κ2) is 5.34. The van der Waals surface area contributed by atoms with Crippen molar-refractivity contribution < 1.29 is 4.39 Å². The molecule has 0 aliphatic rings. The van der Waals surface area contributed by atoms with Crippen molar-refractivity contribution in [3.05, 3.63) is 47.5 Å². The Labute approximate surface area is 125 Å². The Bertz CT molecular complexity index is 814. The van der Waals surface area contributed by atoms with E-state index in [0.717, 1.165) is 16.3 Å². The van der Waals surface area contributed by atoms with Crippen LogP contribution in [-0.4, -0.2) is 14.6 Å². The molecule has 5 nitrogen and oxygen atoms in total. The van der Waals surface area contributed by atoms with E-state index in [2.05, 4.69) is 10.1 Å². The van der Waals surface area contributed by atoms with Crippen molar-refractivity contribution in [3.63, 3.8) is 0 Å². The molecule has 21 heavy (non-hydrogen) atoms. The first-order valence-corrected chi connectivity index (χ1v) is 7.18. The second-order valence-corrected chi connectivity index (χ2v) is 5.69. The fourth-order valence-corrected chi connectivity index (χ4v) is 3.03. The van der Waals surface area contributed by atoms with Gasteiger partial charge in [-0.05, 0) is 31.2 Å². The lowest BCUT2D eigenvalue weighted by molar-refractivity contribution is 0.624. The molecule has 2 heterocycles. The minimum absolute atomic E-state index is 0.290. The Morgan fingerprint density at radius 3 is 2.86 bits per heavy atom. The monoisotopic (exact) mass is 303 g/mol. The highest BCUT2D eigenvalue weighted by Gasteiger charge is 2.16. The molecular weight excluding hydrogens is 289 g/mol. The first kappa shape index (κ1) is 13.8. The van der Waals surface area contributed by atoms with E-state index >= 15 is 0 Å². The van der Waals surface area contributed by atoms with Gasteiger partial charge in [-0.25, -0.2) is 13.9 Å². The summed E-state index contributed by atoms with van der Waals surface area (Å²) in [6, 6.07) is 8.20. The number of halogens is 1. The van der Waals surface area contributed by atoms with E-state index in [9.17, 15) is 4.39 Å². The molecule has 0 aliphatic heterocycles. The first-order valence-electron chi connectivity index (χ1n) is 6.36. The third-order valence-corrected chi connectivity index (χ3v) is 4.08. The van der Waals surface area contributed by atoms with E-state index in [1.807, 2.05) is 19.1 Å². The van der Waals surface area contributed by atoms with Crippen molar-refractivity contribution >= 4 is 23.2 Å². The van der Waals surface area contributed by atoms with E-state index < -0.39 is 0 Å². The van der Waals surface area contributed by atoms with Crippen molar-refractivity contribution in [3.8, 4) is 0 Å². The number of aromatic nitrogens is 3. The topological polar surface area (TPSA) is 82.2 Å². The van der Waals surface area contributed by atoms with Gasteiger partial charge in [0.1, 0.15) is 10.7 Å². The Morgan fingerprint density at radius 2 is 2.14 bits per heavy atom. The lowest BCUT2D eigenvalue weighted by Gasteiger charge is -2.04. The summed E-state index contributed by atoms with van der Waals surface area (Å²) >= 11 is 1.34. The lowest BCUT2D eigenvalue weighted by Crippen LogP contribution is -2.07. The zero-order valence-electron chi connectivity index (χ0n) is 11.4. The average molecular weight is 303 g/mol.